The van der Waals surface area contributed by atoms with Gasteiger partial charge in [-0.15, -0.1) is 0 Å². The molecule has 0 spiro atoms. The van der Waals surface area contributed by atoms with Crippen LogP contribution >= 0.6 is 22.6 Å². The molecular formula is C12H8F17I. The lowest BCUT2D eigenvalue weighted by Gasteiger charge is -2.42. The highest BCUT2D eigenvalue weighted by atomic mass is 127. The molecule has 18 heteroatoms. The van der Waals surface area contributed by atoms with Crippen molar-refractivity contribution in [1.29, 1.82) is 0 Å². The van der Waals surface area contributed by atoms with Gasteiger partial charge < -0.3 is 0 Å². The topological polar surface area (TPSA) is 0 Å². The van der Waals surface area contributed by atoms with Crippen LogP contribution in [0.2, 0.25) is 0 Å². The van der Waals surface area contributed by atoms with Crippen LogP contribution in [0.5, 0.6) is 0 Å². The lowest BCUT2D eigenvalue weighted by Crippen LogP contribution is -2.74. The van der Waals surface area contributed by atoms with E-state index in [1.807, 2.05) is 0 Å². The van der Waals surface area contributed by atoms with E-state index in [0.717, 1.165) is 0 Å². The van der Waals surface area contributed by atoms with Gasteiger partial charge >= 0.3 is 47.6 Å². The van der Waals surface area contributed by atoms with Gasteiger partial charge in [0, 0.05) is 6.42 Å². The molecule has 0 saturated carbocycles. The van der Waals surface area contributed by atoms with Crippen LogP contribution in [0.1, 0.15) is 19.3 Å². The Bertz CT molecular complexity index is 590. The maximum Gasteiger partial charge on any atom is 0.460 e. The molecule has 0 heterocycles. The number of hydrogen-bond acceptors (Lipinski definition) is 0. The average molecular weight is 602 g/mol. The second-order valence-electron chi connectivity index (χ2n) is 5.79. The van der Waals surface area contributed by atoms with Gasteiger partial charge in [0.05, 0.1) is 0 Å². The molecule has 0 aliphatic rings. The summed E-state index contributed by atoms with van der Waals surface area (Å²) in [7, 11) is 0. The fourth-order valence-electron chi connectivity index (χ4n) is 1.79. The molecule has 0 fully saturated rings. The minimum Gasteiger partial charge on any atom is -0.200 e. The molecule has 0 radical (unpaired) electrons. The van der Waals surface area contributed by atoms with E-state index in [1.165, 1.54) is 22.6 Å². The largest absolute Gasteiger partial charge is 0.460 e. The lowest BCUT2D eigenvalue weighted by atomic mass is 9.88. The van der Waals surface area contributed by atoms with E-state index in [9.17, 15) is 74.6 Å². The monoisotopic (exact) mass is 602 g/mol. The second kappa shape index (κ2) is 8.15. The van der Waals surface area contributed by atoms with Crippen molar-refractivity contribution in [3.63, 3.8) is 0 Å². The predicted octanol–water partition coefficient (Wildman–Crippen LogP) is 7.60. The van der Waals surface area contributed by atoms with Gasteiger partial charge in [0.2, 0.25) is 0 Å². The number of halogens is 18. The van der Waals surface area contributed by atoms with Crippen LogP contribution in [0, 0.1) is 0 Å². The number of hydrogen-bond donors (Lipinski definition) is 0. The molecule has 0 aromatic heterocycles. The van der Waals surface area contributed by atoms with Crippen molar-refractivity contribution < 1.29 is 74.6 Å². The van der Waals surface area contributed by atoms with Crippen molar-refractivity contribution in [3.8, 4) is 0 Å². The Labute approximate surface area is 169 Å². The maximum absolute atomic E-state index is 13.4. The van der Waals surface area contributed by atoms with Gasteiger partial charge in [0.1, 0.15) is 0 Å². The first-order chi connectivity index (χ1) is 12.8. The predicted molar refractivity (Wildman–Crippen MR) is 73.4 cm³/mol. The summed E-state index contributed by atoms with van der Waals surface area (Å²) in [6.45, 7) is 0. The van der Waals surface area contributed by atoms with E-state index >= 15 is 0 Å². The Morgan fingerprint density at radius 1 is 0.400 bits per heavy atom. The Morgan fingerprint density at radius 3 is 1.00 bits per heavy atom. The summed E-state index contributed by atoms with van der Waals surface area (Å²) in [5.41, 5.74) is 0. The molecule has 0 aliphatic carbocycles. The zero-order chi connectivity index (χ0) is 24.8. The number of rotatable bonds is 10. The molecule has 0 aromatic carbocycles. The first-order valence-corrected chi connectivity index (χ1v) is 8.61. The summed E-state index contributed by atoms with van der Waals surface area (Å²) < 4.78 is 220. The van der Waals surface area contributed by atoms with Crippen LogP contribution < -0.4 is 0 Å². The Morgan fingerprint density at radius 2 is 0.700 bits per heavy atom. The Hall–Kier alpha value is -0.460. The Balaban J connectivity index is 6.48. The quantitative estimate of drug-likeness (QED) is 0.105. The van der Waals surface area contributed by atoms with E-state index in [-0.39, 0.29) is 4.43 Å². The minimum absolute atomic E-state index is 0.0528. The van der Waals surface area contributed by atoms with Gasteiger partial charge in [0.25, 0.3) is 0 Å². The zero-order valence-electron chi connectivity index (χ0n) is 13.6. The Kier molecular flexibility index (Phi) is 8.02. The van der Waals surface area contributed by atoms with Gasteiger partial charge in [-0.05, 0) is 17.3 Å². The molecule has 0 rings (SSSR count). The third-order valence-electron chi connectivity index (χ3n) is 3.66. The maximum atomic E-state index is 13.4. The van der Waals surface area contributed by atoms with Crippen molar-refractivity contribution in [1.82, 2.24) is 0 Å². The van der Waals surface area contributed by atoms with Crippen LogP contribution in [-0.4, -0.2) is 52.1 Å². The molecule has 30 heavy (non-hydrogen) atoms. The molecule has 0 aromatic rings. The zero-order valence-corrected chi connectivity index (χ0v) is 15.8. The van der Waals surface area contributed by atoms with Crippen LogP contribution in [0.3, 0.4) is 0 Å². The van der Waals surface area contributed by atoms with Crippen molar-refractivity contribution >= 4 is 22.6 Å². The highest BCUT2D eigenvalue weighted by Crippen LogP contribution is 2.64. The van der Waals surface area contributed by atoms with Crippen LogP contribution in [-0.2, 0) is 0 Å². The summed E-state index contributed by atoms with van der Waals surface area (Å²) in [6.07, 6.45) is -11.6. The van der Waals surface area contributed by atoms with Crippen LogP contribution in [0.4, 0.5) is 74.6 Å². The molecule has 0 amide bonds. The third kappa shape index (κ3) is 4.13. The summed E-state index contributed by atoms with van der Waals surface area (Å²) in [6, 6.07) is 0. The average Bonchev–Trinajstić information content (AvgIpc) is 2.52. The molecule has 0 saturated heterocycles. The summed E-state index contributed by atoms with van der Waals surface area (Å²) >= 11 is 1.48. The van der Waals surface area contributed by atoms with E-state index in [0.29, 0.717) is 0 Å². The summed E-state index contributed by atoms with van der Waals surface area (Å²) in [5, 5.41) is 0. The molecule has 0 bridgehead atoms. The van der Waals surface area contributed by atoms with Gasteiger partial charge in [-0.3, -0.25) is 0 Å². The minimum atomic E-state index is -8.57. The molecule has 0 N–H and O–H groups in total. The molecule has 0 aliphatic heterocycles. The number of alkyl halides is 18. The van der Waals surface area contributed by atoms with E-state index < -0.39 is 66.9 Å². The standard InChI is InChI=1S/C12H8F17I/c13-5(14,3-1-2-4-30)6(15,16)7(17,18)8(19,20)9(21,22)10(23,24)11(25,26)12(27,28)29/h1-4H2. The lowest BCUT2D eigenvalue weighted by molar-refractivity contribution is -0.461. The van der Waals surface area contributed by atoms with Crippen molar-refractivity contribution in [2.45, 2.75) is 66.9 Å². The first-order valence-electron chi connectivity index (χ1n) is 7.08. The van der Waals surface area contributed by atoms with Gasteiger partial charge in [0.15, 0.2) is 0 Å². The van der Waals surface area contributed by atoms with Gasteiger partial charge in [-0.1, -0.05) is 22.6 Å². The van der Waals surface area contributed by atoms with Gasteiger partial charge in [-0.25, -0.2) is 0 Å². The highest BCUT2D eigenvalue weighted by molar-refractivity contribution is 14.1. The van der Waals surface area contributed by atoms with Crippen molar-refractivity contribution in [3.05, 3.63) is 0 Å². The molecule has 0 unspecified atom stereocenters. The van der Waals surface area contributed by atoms with Crippen molar-refractivity contribution in [2.75, 3.05) is 4.43 Å². The van der Waals surface area contributed by atoms with Crippen LogP contribution in [0.25, 0.3) is 0 Å². The smallest absolute Gasteiger partial charge is 0.200 e. The summed E-state index contributed by atoms with van der Waals surface area (Å²) in [4.78, 5) is 0. The molecule has 0 atom stereocenters. The normalized spacial score (nSPS) is 16.2. The van der Waals surface area contributed by atoms with E-state index in [4.69, 9.17) is 0 Å². The first kappa shape index (κ1) is 29.5. The molecule has 0 nitrogen and oxygen atoms in total. The second-order valence-corrected chi connectivity index (χ2v) is 6.87. The SMILES string of the molecule is FC(F)(F)C(F)(F)C(F)(F)C(F)(F)C(F)(F)C(F)(F)C(F)(F)C(F)(F)CCCCI. The number of unbranched alkanes of at least 4 members (excludes halogenated alkanes) is 1. The van der Waals surface area contributed by atoms with Crippen LogP contribution in [0.15, 0.2) is 0 Å². The molecular weight excluding hydrogens is 594 g/mol. The fourth-order valence-corrected chi connectivity index (χ4v) is 2.33. The third-order valence-corrected chi connectivity index (χ3v) is 4.42. The fraction of sp³-hybridized carbons (Fsp3) is 1.00. The van der Waals surface area contributed by atoms with Gasteiger partial charge in [-0.2, -0.15) is 74.6 Å². The molecule has 182 valence electrons. The van der Waals surface area contributed by atoms with E-state index in [1.54, 1.807) is 0 Å². The highest BCUT2D eigenvalue weighted by Gasteiger charge is 2.95. The van der Waals surface area contributed by atoms with E-state index in [2.05, 4.69) is 0 Å². The summed E-state index contributed by atoms with van der Waals surface area (Å²) in [5.74, 6) is -55.6. The van der Waals surface area contributed by atoms with Crippen molar-refractivity contribution in [2.24, 2.45) is 0 Å².